The maximum atomic E-state index is 16.6. The average Bonchev–Trinajstić information content (AvgIpc) is 4.18. The number of fused-ring (bicyclic) bond motifs is 4. The Kier molecular flexibility index (Phi) is 9.73. The van der Waals surface area contributed by atoms with E-state index in [2.05, 4.69) is 50.5 Å². The lowest BCUT2D eigenvalue weighted by atomic mass is 9.92. The molecule has 0 saturated heterocycles. The van der Waals surface area contributed by atoms with Gasteiger partial charge in [0.2, 0.25) is 5.91 Å². The van der Waals surface area contributed by atoms with E-state index in [0.717, 1.165) is 49.8 Å². The van der Waals surface area contributed by atoms with Crippen molar-refractivity contribution in [2.45, 2.75) is 27.7 Å². The second-order valence-electron chi connectivity index (χ2n) is 18.2. The summed E-state index contributed by atoms with van der Waals surface area (Å²) in [7, 11) is 0. The van der Waals surface area contributed by atoms with Crippen molar-refractivity contribution in [2.24, 2.45) is 5.41 Å². The number of nitrogens with zero attached hydrogens (tertiary/aromatic N) is 8. The van der Waals surface area contributed by atoms with Crippen molar-refractivity contribution in [3.8, 4) is 78.7 Å². The maximum absolute atomic E-state index is 16.6. The molecule has 4 aromatic carbocycles. The number of hydrogen-bond acceptors (Lipinski definition) is 9. The van der Waals surface area contributed by atoms with E-state index in [1.54, 1.807) is 73.8 Å². The minimum Gasteiger partial charge on any atom is -0.335 e. The molecule has 0 saturated carbocycles. The number of aromatic amines is 4. The molecule has 8 aromatic heterocycles. The van der Waals surface area contributed by atoms with Crippen LogP contribution in [0.2, 0.25) is 0 Å². The number of anilines is 1. The van der Waals surface area contributed by atoms with Crippen LogP contribution in [-0.4, -0.2) is 66.2 Å². The van der Waals surface area contributed by atoms with E-state index >= 15 is 4.39 Å². The van der Waals surface area contributed by atoms with Gasteiger partial charge in [0.1, 0.15) is 23.0 Å². The zero-order chi connectivity index (χ0) is 47.8. The number of carbonyl (C=O) groups excluding carboxylic acids is 1. The van der Waals surface area contributed by atoms with Gasteiger partial charge in [-0.05, 0) is 95.4 Å². The Labute approximate surface area is 396 Å². The van der Waals surface area contributed by atoms with Gasteiger partial charge in [0.05, 0.1) is 57.4 Å². The van der Waals surface area contributed by atoms with Crippen LogP contribution in [0.3, 0.4) is 0 Å². The standard InChI is InChI=1S/C54H39F2N13O/c1-27-13-14-57-22-39(27)31-18-36(46-38(19-31)50(69-67-46)52-63-44-25-59-23-40(47(44)64-52)28-5-9-33(55)10-6-28)35-17-30(7-11-42(35)56)41-24-60-26-45-48(41)65-51(62-45)49-37-16-29(8-12-43(37)66-68-49)32-15-34(21-58-20-32)61-53(70)54(2,3)4/h5-26H,1-4H3,(H,61,70)(H,62,65)(H,63,64)(H,66,68)(H,67,69). The van der Waals surface area contributed by atoms with Crippen molar-refractivity contribution in [3.05, 3.63) is 152 Å². The van der Waals surface area contributed by atoms with Crippen LogP contribution in [0.5, 0.6) is 0 Å². The Morgan fingerprint density at radius 2 is 1.17 bits per heavy atom. The smallest absolute Gasteiger partial charge is 0.229 e. The first kappa shape index (κ1) is 42.1. The Balaban J connectivity index is 0.949. The number of rotatable bonds is 8. The number of aryl methyl sites for hydroxylation is 1. The van der Waals surface area contributed by atoms with Crippen LogP contribution >= 0.6 is 0 Å². The van der Waals surface area contributed by atoms with Crippen LogP contribution in [0.1, 0.15) is 26.3 Å². The zero-order valence-corrected chi connectivity index (χ0v) is 37.9. The van der Waals surface area contributed by atoms with E-state index in [0.29, 0.717) is 83.9 Å². The second-order valence-corrected chi connectivity index (χ2v) is 18.2. The van der Waals surface area contributed by atoms with Crippen molar-refractivity contribution in [1.29, 1.82) is 0 Å². The summed E-state index contributed by atoms with van der Waals surface area (Å²) in [5, 5.41) is 20.3. The predicted molar refractivity (Wildman–Crippen MR) is 267 cm³/mol. The number of aromatic nitrogens is 12. The lowest BCUT2D eigenvalue weighted by molar-refractivity contribution is -0.123. The lowest BCUT2D eigenvalue weighted by Crippen LogP contribution is -2.27. The molecule has 0 radical (unpaired) electrons. The number of imidazole rings is 2. The molecule has 0 aliphatic heterocycles. The largest absolute Gasteiger partial charge is 0.335 e. The van der Waals surface area contributed by atoms with E-state index < -0.39 is 11.2 Å². The zero-order valence-electron chi connectivity index (χ0n) is 37.9. The highest BCUT2D eigenvalue weighted by Gasteiger charge is 2.24. The van der Waals surface area contributed by atoms with Gasteiger partial charge >= 0.3 is 0 Å². The number of halogens is 2. The van der Waals surface area contributed by atoms with Gasteiger partial charge in [-0.25, -0.2) is 18.7 Å². The van der Waals surface area contributed by atoms with Crippen LogP contribution in [0.4, 0.5) is 14.5 Å². The summed E-state index contributed by atoms with van der Waals surface area (Å²) < 4.78 is 30.5. The van der Waals surface area contributed by atoms with Crippen LogP contribution < -0.4 is 5.32 Å². The van der Waals surface area contributed by atoms with Gasteiger partial charge in [0.15, 0.2) is 11.6 Å². The molecule has 12 aromatic rings. The van der Waals surface area contributed by atoms with Gasteiger partial charge in [-0.1, -0.05) is 45.0 Å². The van der Waals surface area contributed by atoms with E-state index in [1.165, 1.54) is 18.2 Å². The lowest BCUT2D eigenvalue weighted by Gasteiger charge is -2.17. The van der Waals surface area contributed by atoms with Crippen molar-refractivity contribution in [1.82, 2.24) is 60.3 Å². The summed E-state index contributed by atoms with van der Waals surface area (Å²) in [4.78, 5) is 47.5. The highest BCUT2D eigenvalue weighted by molar-refractivity contribution is 6.06. The third-order valence-corrected chi connectivity index (χ3v) is 12.6. The van der Waals surface area contributed by atoms with Gasteiger partial charge in [-0.15, -0.1) is 0 Å². The van der Waals surface area contributed by atoms with Gasteiger partial charge in [0.25, 0.3) is 0 Å². The summed E-state index contributed by atoms with van der Waals surface area (Å²) in [6, 6.07) is 24.9. The highest BCUT2D eigenvalue weighted by atomic mass is 19.1. The summed E-state index contributed by atoms with van der Waals surface area (Å²) in [6.45, 7) is 7.58. The minimum absolute atomic E-state index is 0.109. The molecule has 0 atom stereocenters. The van der Waals surface area contributed by atoms with Crippen molar-refractivity contribution >= 4 is 55.5 Å². The summed E-state index contributed by atoms with van der Waals surface area (Å²) >= 11 is 0. The number of amides is 1. The topological polar surface area (TPSA) is 195 Å². The molecule has 70 heavy (non-hydrogen) atoms. The summed E-state index contributed by atoms with van der Waals surface area (Å²) in [5.74, 6) is 0.0877. The first-order chi connectivity index (χ1) is 33.9. The molecule has 0 fully saturated rings. The van der Waals surface area contributed by atoms with Crippen LogP contribution in [0, 0.1) is 24.0 Å². The van der Waals surface area contributed by atoms with Gasteiger partial charge in [-0.2, -0.15) is 10.2 Å². The molecular weight excluding hydrogens is 885 g/mol. The van der Waals surface area contributed by atoms with E-state index in [4.69, 9.17) is 15.1 Å². The number of benzene rings is 4. The number of pyridine rings is 4. The van der Waals surface area contributed by atoms with E-state index in [9.17, 15) is 9.18 Å². The molecule has 0 bridgehead atoms. The fraction of sp³-hybridized carbons (Fsp3) is 0.0926. The van der Waals surface area contributed by atoms with Crippen LogP contribution in [0.15, 0.2) is 135 Å². The normalized spacial score (nSPS) is 11.9. The van der Waals surface area contributed by atoms with Crippen LogP contribution in [0.25, 0.3) is 123 Å². The molecule has 0 spiro atoms. The second kappa shape index (κ2) is 16.2. The average molecular weight is 924 g/mol. The molecule has 0 aliphatic rings. The quantitative estimate of drug-likeness (QED) is 0.0985. The Hall–Kier alpha value is -9.31. The predicted octanol–water partition coefficient (Wildman–Crippen LogP) is 12.0. The molecule has 1 amide bonds. The summed E-state index contributed by atoms with van der Waals surface area (Å²) in [6.07, 6.45) is 13.7. The van der Waals surface area contributed by atoms with Gasteiger partial charge in [0, 0.05) is 80.6 Å². The Morgan fingerprint density at radius 3 is 1.90 bits per heavy atom. The van der Waals surface area contributed by atoms with Crippen molar-refractivity contribution < 1.29 is 13.6 Å². The molecule has 5 N–H and O–H groups in total. The fourth-order valence-electron chi connectivity index (χ4n) is 8.84. The molecule has 340 valence electrons. The minimum atomic E-state index is -0.567. The number of H-pyrrole nitrogens is 4. The third-order valence-electron chi connectivity index (χ3n) is 12.6. The number of hydrogen-bond donors (Lipinski definition) is 5. The van der Waals surface area contributed by atoms with Crippen molar-refractivity contribution in [2.75, 3.05) is 5.32 Å². The Morgan fingerprint density at radius 1 is 0.543 bits per heavy atom. The summed E-state index contributed by atoms with van der Waals surface area (Å²) in [5.41, 5.74) is 13.2. The van der Waals surface area contributed by atoms with Crippen LogP contribution in [-0.2, 0) is 4.79 Å². The monoisotopic (exact) mass is 923 g/mol. The molecule has 8 heterocycles. The number of nitrogens with one attached hydrogen (secondary N) is 5. The fourth-order valence-corrected chi connectivity index (χ4v) is 8.84. The Bertz CT molecular complexity index is 4050. The molecule has 14 nitrogen and oxygen atoms in total. The van der Waals surface area contributed by atoms with Gasteiger partial charge in [-0.3, -0.25) is 34.9 Å². The van der Waals surface area contributed by atoms with E-state index in [1.807, 2.05) is 70.2 Å². The molecule has 12 rings (SSSR count). The first-order valence-corrected chi connectivity index (χ1v) is 22.4. The number of carbonyl (C=O) groups is 1. The van der Waals surface area contributed by atoms with Crippen molar-refractivity contribution in [3.63, 3.8) is 0 Å². The first-order valence-electron chi connectivity index (χ1n) is 22.4. The highest BCUT2D eigenvalue weighted by Crippen LogP contribution is 2.41. The third kappa shape index (κ3) is 7.29. The van der Waals surface area contributed by atoms with E-state index in [-0.39, 0.29) is 11.7 Å². The molecule has 0 unspecified atom stereocenters. The SMILES string of the molecule is Cc1ccncc1-c1cc(-c2cc(-c3cncc4[nH]c(-c5n[nH]c6ccc(-c7cncc(NC(=O)C(C)(C)C)c7)cc56)nc34)ccc2F)c2[nH]nc(-c3nc4c(-c5ccc(F)cc5)cncc4[nH]3)c2c1. The molecular formula is C54H39F2N13O. The molecule has 0 aliphatic carbocycles. The molecule has 16 heteroatoms. The maximum Gasteiger partial charge on any atom is 0.229 e. The van der Waals surface area contributed by atoms with Gasteiger partial charge < -0.3 is 15.3 Å².